The summed E-state index contributed by atoms with van der Waals surface area (Å²) < 4.78 is 5.86. The van der Waals surface area contributed by atoms with E-state index in [0.29, 0.717) is 18.2 Å². The number of ether oxygens (including phenoxy) is 1. The summed E-state index contributed by atoms with van der Waals surface area (Å²) in [6.07, 6.45) is 9.12. The summed E-state index contributed by atoms with van der Waals surface area (Å²) in [6.45, 7) is 9.08. The zero-order chi connectivity index (χ0) is 26.6. The normalized spacial score (nSPS) is 22.4. The van der Waals surface area contributed by atoms with Crippen LogP contribution in [0.2, 0.25) is 0 Å². The number of carbonyl (C=O) groups is 2. The molecule has 1 N–H and O–H groups in total. The highest BCUT2D eigenvalue weighted by Crippen LogP contribution is 2.42. The number of allylic oxidation sites excluding steroid dienone is 1. The summed E-state index contributed by atoms with van der Waals surface area (Å²) in [5, 5.41) is 10.1. The Labute approximate surface area is 225 Å². The summed E-state index contributed by atoms with van der Waals surface area (Å²) >= 11 is 1.32. The number of anilines is 1. The number of carboxylic acids is 1. The van der Waals surface area contributed by atoms with Crippen LogP contribution in [0.15, 0.2) is 48.2 Å². The minimum absolute atomic E-state index is 0.00126. The van der Waals surface area contributed by atoms with Gasteiger partial charge in [-0.3, -0.25) is 4.79 Å². The van der Waals surface area contributed by atoms with Gasteiger partial charge < -0.3 is 14.7 Å². The molecule has 5 nitrogen and oxygen atoms in total. The van der Waals surface area contributed by atoms with Gasteiger partial charge >= 0.3 is 5.97 Å². The molecule has 0 unspecified atom stereocenters. The molecule has 2 aliphatic carbocycles. The van der Waals surface area contributed by atoms with Crippen LogP contribution in [0.1, 0.15) is 99.2 Å². The minimum Gasteiger partial charge on any atom is -0.497 e. The SMILES string of the molecule is CC1CCC(C(=O)N(c2cc(C(C)(C)C)sc2C(=O)O)C2CCC(=COCc3ccccc3)CC2)CC1. The van der Waals surface area contributed by atoms with Crippen molar-refractivity contribution in [1.82, 2.24) is 0 Å². The van der Waals surface area contributed by atoms with E-state index in [0.717, 1.165) is 61.8 Å². The fourth-order valence-corrected chi connectivity index (χ4v) is 6.51. The molecule has 2 aliphatic rings. The quantitative estimate of drug-likeness (QED) is 0.374. The van der Waals surface area contributed by atoms with Crippen LogP contribution in [-0.4, -0.2) is 23.0 Å². The number of carboxylic acid groups (broad SMARTS) is 1. The van der Waals surface area contributed by atoms with Crippen LogP contribution in [-0.2, 0) is 21.6 Å². The van der Waals surface area contributed by atoms with Gasteiger partial charge in [-0.25, -0.2) is 4.79 Å². The molecular weight excluding hydrogens is 482 g/mol. The number of hydrogen-bond acceptors (Lipinski definition) is 4. The predicted octanol–water partition coefficient (Wildman–Crippen LogP) is 7.95. The highest BCUT2D eigenvalue weighted by molar-refractivity contribution is 7.14. The van der Waals surface area contributed by atoms with E-state index in [1.54, 1.807) is 0 Å². The molecule has 2 saturated carbocycles. The highest BCUT2D eigenvalue weighted by atomic mass is 32.1. The van der Waals surface area contributed by atoms with Crippen molar-refractivity contribution >= 4 is 28.9 Å². The molecule has 0 saturated heterocycles. The maximum absolute atomic E-state index is 14.0. The van der Waals surface area contributed by atoms with Crippen molar-refractivity contribution in [1.29, 1.82) is 0 Å². The van der Waals surface area contributed by atoms with Gasteiger partial charge in [-0.05, 0) is 79.9 Å². The second kappa shape index (κ2) is 11.8. The Morgan fingerprint density at radius 2 is 1.70 bits per heavy atom. The smallest absolute Gasteiger partial charge is 0.348 e. The molecule has 4 rings (SSSR count). The van der Waals surface area contributed by atoms with E-state index in [4.69, 9.17) is 4.74 Å². The summed E-state index contributed by atoms with van der Waals surface area (Å²) in [7, 11) is 0. The van der Waals surface area contributed by atoms with Crippen molar-refractivity contribution in [3.05, 3.63) is 63.6 Å². The molecular formula is C31H41NO4S. The molecule has 6 heteroatoms. The monoisotopic (exact) mass is 523 g/mol. The standard InChI is InChI=1S/C31H41NO4S/c1-21-10-14-24(15-11-21)29(33)32(26-18-27(31(2,3)4)37-28(26)30(34)35)25-16-12-23(13-17-25)20-36-19-22-8-6-5-7-9-22/h5-9,18,20-21,24-25H,10-17,19H2,1-4H3,(H,34,35). The number of aromatic carboxylic acids is 1. The molecule has 0 atom stereocenters. The molecule has 0 aliphatic heterocycles. The molecule has 0 radical (unpaired) electrons. The van der Waals surface area contributed by atoms with E-state index >= 15 is 0 Å². The fourth-order valence-electron chi connectivity index (χ4n) is 5.46. The fraction of sp³-hybridized carbons (Fsp3) is 0.548. The zero-order valence-electron chi connectivity index (χ0n) is 22.7. The average molecular weight is 524 g/mol. The van der Waals surface area contributed by atoms with Crippen LogP contribution >= 0.6 is 11.3 Å². The van der Waals surface area contributed by atoms with Gasteiger partial charge in [0.2, 0.25) is 5.91 Å². The first kappa shape index (κ1) is 27.4. The van der Waals surface area contributed by atoms with Crippen molar-refractivity contribution in [2.45, 2.75) is 97.1 Å². The maximum Gasteiger partial charge on any atom is 0.348 e. The van der Waals surface area contributed by atoms with Crippen molar-refractivity contribution in [3.8, 4) is 0 Å². The lowest BCUT2D eigenvalue weighted by Gasteiger charge is -2.38. The lowest BCUT2D eigenvalue weighted by molar-refractivity contribution is -0.124. The third kappa shape index (κ3) is 6.84. The molecule has 0 spiro atoms. The van der Waals surface area contributed by atoms with E-state index in [1.807, 2.05) is 35.4 Å². The minimum atomic E-state index is -0.948. The molecule has 2 aromatic rings. The first-order chi connectivity index (χ1) is 17.6. The number of nitrogens with zero attached hydrogens (tertiary/aromatic N) is 1. The number of carbonyl (C=O) groups excluding carboxylic acids is 1. The van der Waals surface area contributed by atoms with E-state index in [-0.39, 0.29) is 28.2 Å². The first-order valence-electron chi connectivity index (χ1n) is 13.7. The molecule has 1 heterocycles. The largest absolute Gasteiger partial charge is 0.497 e. The Morgan fingerprint density at radius 3 is 2.30 bits per heavy atom. The third-order valence-corrected chi connectivity index (χ3v) is 9.35. The molecule has 0 bridgehead atoms. The van der Waals surface area contributed by atoms with E-state index in [9.17, 15) is 14.7 Å². The van der Waals surface area contributed by atoms with Crippen LogP contribution in [0.3, 0.4) is 0 Å². The van der Waals surface area contributed by atoms with Gasteiger partial charge in [0, 0.05) is 16.8 Å². The van der Waals surface area contributed by atoms with Crippen LogP contribution in [0.25, 0.3) is 0 Å². The molecule has 1 aromatic heterocycles. The van der Waals surface area contributed by atoms with Crippen molar-refractivity contribution in [2.24, 2.45) is 11.8 Å². The number of hydrogen-bond donors (Lipinski definition) is 1. The van der Waals surface area contributed by atoms with Crippen molar-refractivity contribution in [2.75, 3.05) is 4.90 Å². The van der Waals surface area contributed by atoms with Crippen LogP contribution in [0, 0.1) is 11.8 Å². The van der Waals surface area contributed by atoms with Gasteiger partial charge in [-0.2, -0.15) is 0 Å². The van der Waals surface area contributed by atoms with E-state index < -0.39 is 5.97 Å². The van der Waals surface area contributed by atoms with Gasteiger partial charge in [0.05, 0.1) is 11.9 Å². The molecule has 1 amide bonds. The van der Waals surface area contributed by atoms with Crippen LogP contribution in [0.4, 0.5) is 5.69 Å². The van der Waals surface area contributed by atoms with Crippen LogP contribution in [0.5, 0.6) is 0 Å². The Balaban J connectivity index is 1.55. The first-order valence-corrected chi connectivity index (χ1v) is 14.5. The van der Waals surface area contributed by atoms with E-state index in [2.05, 4.69) is 39.8 Å². The van der Waals surface area contributed by atoms with Gasteiger partial charge in [0.1, 0.15) is 11.5 Å². The second-order valence-corrected chi connectivity index (χ2v) is 12.9. The predicted molar refractivity (Wildman–Crippen MR) is 150 cm³/mol. The third-order valence-electron chi connectivity index (χ3n) is 7.81. The Hall–Kier alpha value is -2.60. The van der Waals surface area contributed by atoms with Gasteiger partial charge in [-0.1, -0.05) is 58.0 Å². The molecule has 37 heavy (non-hydrogen) atoms. The lowest BCUT2D eigenvalue weighted by Crippen LogP contribution is -2.46. The average Bonchev–Trinajstić information content (AvgIpc) is 3.32. The topological polar surface area (TPSA) is 66.8 Å². The Kier molecular flexibility index (Phi) is 8.79. The zero-order valence-corrected chi connectivity index (χ0v) is 23.5. The summed E-state index contributed by atoms with van der Waals surface area (Å²) in [6, 6.07) is 12.1. The van der Waals surface area contributed by atoms with Crippen molar-refractivity contribution < 1.29 is 19.4 Å². The Morgan fingerprint density at radius 1 is 1.05 bits per heavy atom. The molecule has 200 valence electrons. The van der Waals surface area contributed by atoms with Gasteiger partial charge in [0.15, 0.2) is 0 Å². The second-order valence-electron chi connectivity index (χ2n) is 11.8. The number of benzene rings is 1. The van der Waals surface area contributed by atoms with E-state index in [1.165, 1.54) is 16.9 Å². The molecule has 2 fully saturated rings. The summed E-state index contributed by atoms with van der Waals surface area (Å²) in [5.41, 5.74) is 2.81. The summed E-state index contributed by atoms with van der Waals surface area (Å²) in [5.74, 6) is -0.206. The number of thiophene rings is 1. The van der Waals surface area contributed by atoms with Gasteiger partial charge in [-0.15, -0.1) is 11.3 Å². The lowest BCUT2D eigenvalue weighted by atomic mass is 9.81. The van der Waals surface area contributed by atoms with Crippen molar-refractivity contribution in [3.63, 3.8) is 0 Å². The highest BCUT2D eigenvalue weighted by Gasteiger charge is 2.37. The summed E-state index contributed by atoms with van der Waals surface area (Å²) in [4.78, 5) is 29.6. The molecule has 1 aromatic carbocycles. The number of rotatable bonds is 7. The van der Waals surface area contributed by atoms with Gasteiger partial charge in [0.25, 0.3) is 0 Å². The maximum atomic E-state index is 14.0. The van der Waals surface area contributed by atoms with Crippen LogP contribution < -0.4 is 4.90 Å². The Bertz CT molecular complexity index is 1100. The number of amides is 1.